The molecule has 4 rings (SSSR count). The van der Waals surface area contributed by atoms with E-state index < -0.39 is 0 Å². The molecule has 2 atom stereocenters. The standard InChI is InChI=1S/C18H25N7O/c1-5-6-13-7-16(25-18(23-13)19-10-20-25)24-9-14(26-4)8-15(24)17-21-11(2)12(3)22-17/h7,10,14-15H,5-6,8-9H2,1-4H3,(H,21,22)/t14-,15+/m1/s1. The van der Waals surface area contributed by atoms with Crippen molar-refractivity contribution >= 4 is 11.6 Å². The van der Waals surface area contributed by atoms with E-state index in [9.17, 15) is 0 Å². The van der Waals surface area contributed by atoms with Crippen molar-refractivity contribution in [2.24, 2.45) is 0 Å². The first-order valence-electron chi connectivity index (χ1n) is 9.13. The number of aromatic amines is 1. The minimum Gasteiger partial charge on any atom is -0.380 e. The monoisotopic (exact) mass is 355 g/mol. The Morgan fingerprint density at radius 2 is 2.15 bits per heavy atom. The Hall–Kier alpha value is -2.48. The Bertz CT molecular complexity index is 896. The molecule has 3 aromatic rings. The number of ether oxygens (including phenoxy) is 1. The number of hydrogen-bond donors (Lipinski definition) is 1. The van der Waals surface area contributed by atoms with Gasteiger partial charge in [0, 0.05) is 37.5 Å². The van der Waals surface area contributed by atoms with Crippen molar-refractivity contribution in [3.8, 4) is 0 Å². The maximum absolute atomic E-state index is 5.68. The zero-order chi connectivity index (χ0) is 18.3. The van der Waals surface area contributed by atoms with E-state index in [-0.39, 0.29) is 12.1 Å². The van der Waals surface area contributed by atoms with Gasteiger partial charge in [-0.25, -0.2) is 9.97 Å². The van der Waals surface area contributed by atoms with E-state index in [4.69, 9.17) is 9.72 Å². The van der Waals surface area contributed by atoms with Gasteiger partial charge in [0.1, 0.15) is 18.0 Å². The number of hydrogen-bond acceptors (Lipinski definition) is 6. The highest BCUT2D eigenvalue weighted by Crippen LogP contribution is 2.36. The molecule has 4 heterocycles. The van der Waals surface area contributed by atoms with Crippen LogP contribution in [0, 0.1) is 13.8 Å². The number of fused-ring (bicyclic) bond motifs is 1. The number of methoxy groups -OCH3 is 1. The Balaban J connectivity index is 1.81. The number of imidazole rings is 1. The van der Waals surface area contributed by atoms with Crippen LogP contribution in [0.3, 0.4) is 0 Å². The van der Waals surface area contributed by atoms with Crippen LogP contribution in [0.5, 0.6) is 0 Å². The van der Waals surface area contributed by atoms with Gasteiger partial charge in [-0.05, 0) is 20.3 Å². The second-order valence-electron chi connectivity index (χ2n) is 6.92. The summed E-state index contributed by atoms with van der Waals surface area (Å²) in [7, 11) is 1.77. The molecule has 1 N–H and O–H groups in total. The number of aryl methyl sites for hydroxylation is 3. The lowest BCUT2D eigenvalue weighted by Gasteiger charge is -2.25. The first-order chi connectivity index (χ1) is 12.6. The highest BCUT2D eigenvalue weighted by atomic mass is 16.5. The Morgan fingerprint density at radius 1 is 1.31 bits per heavy atom. The third kappa shape index (κ3) is 2.84. The van der Waals surface area contributed by atoms with Gasteiger partial charge in [0.15, 0.2) is 0 Å². The van der Waals surface area contributed by atoms with Crippen molar-refractivity contribution in [2.75, 3.05) is 18.6 Å². The molecular formula is C18H25N7O. The van der Waals surface area contributed by atoms with Crippen molar-refractivity contribution in [2.45, 2.75) is 52.2 Å². The van der Waals surface area contributed by atoms with Gasteiger partial charge < -0.3 is 14.6 Å². The molecule has 1 aliphatic heterocycles. The first-order valence-corrected chi connectivity index (χ1v) is 9.13. The van der Waals surface area contributed by atoms with Gasteiger partial charge >= 0.3 is 0 Å². The maximum atomic E-state index is 5.68. The van der Waals surface area contributed by atoms with Crippen LogP contribution in [0.15, 0.2) is 12.4 Å². The highest BCUT2D eigenvalue weighted by Gasteiger charge is 2.37. The number of nitrogens with zero attached hydrogens (tertiary/aromatic N) is 6. The topological polar surface area (TPSA) is 84.2 Å². The van der Waals surface area contributed by atoms with Gasteiger partial charge in [0.05, 0.1) is 17.8 Å². The van der Waals surface area contributed by atoms with Crippen LogP contribution >= 0.6 is 0 Å². The van der Waals surface area contributed by atoms with Crippen LogP contribution in [0.25, 0.3) is 5.78 Å². The number of H-pyrrole nitrogens is 1. The second-order valence-corrected chi connectivity index (χ2v) is 6.92. The van der Waals surface area contributed by atoms with Gasteiger partial charge in [0.2, 0.25) is 0 Å². The van der Waals surface area contributed by atoms with E-state index in [1.54, 1.807) is 13.4 Å². The van der Waals surface area contributed by atoms with Gasteiger partial charge in [0.25, 0.3) is 5.78 Å². The largest absolute Gasteiger partial charge is 0.380 e. The lowest BCUT2D eigenvalue weighted by molar-refractivity contribution is 0.118. The van der Waals surface area contributed by atoms with E-state index in [1.807, 2.05) is 11.4 Å². The molecular weight excluding hydrogens is 330 g/mol. The molecule has 0 unspecified atom stereocenters. The van der Waals surface area contributed by atoms with Crippen LogP contribution in [0.4, 0.5) is 5.82 Å². The summed E-state index contributed by atoms with van der Waals surface area (Å²) in [4.78, 5) is 19.4. The van der Waals surface area contributed by atoms with Crippen molar-refractivity contribution in [1.29, 1.82) is 0 Å². The van der Waals surface area contributed by atoms with Gasteiger partial charge in [-0.3, -0.25) is 0 Å². The van der Waals surface area contributed by atoms with Gasteiger partial charge in [-0.1, -0.05) is 13.3 Å². The molecule has 1 fully saturated rings. The number of rotatable bonds is 5. The predicted molar refractivity (Wildman–Crippen MR) is 98.3 cm³/mol. The van der Waals surface area contributed by atoms with Crippen LogP contribution in [-0.4, -0.2) is 49.3 Å². The van der Waals surface area contributed by atoms with Crippen molar-refractivity contribution < 1.29 is 4.74 Å². The average Bonchev–Trinajstić information content (AvgIpc) is 3.33. The van der Waals surface area contributed by atoms with Crippen molar-refractivity contribution in [3.05, 3.63) is 35.3 Å². The zero-order valence-corrected chi connectivity index (χ0v) is 15.7. The molecule has 0 amide bonds. The summed E-state index contributed by atoms with van der Waals surface area (Å²) in [6, 6.07) is 2.23. The van der Waals surface area contributed by atoms with Gasteiger partial charge in [-0.15, -0.1) is 0 Å². The van der Waals surface area contributed by atoms with Crippen LogP contribution in [-0.2, 0) is 11.2 Å². The number of anilines is 1. The fourth-order valence-corrected chi connectivity index (χ4v) is 3.65. The average molecular weight is 355 g/mol. The molecule has 26 heavy (non-hydrogen) atoms. The lowest BCUT2D eigenvalue weighted by atomic mass is 10.2. The third-order valence-electron chi connectivity index (χ3n) is 5.14. The Labute approximate surface area is 152 Å². The molecule has 0 saturated carbocycles. The Morgan fingerprint density at radius 3 is 2.85 bits per heavy atom. The maximum Gasteiger partial charge on any atom is 0.254 e. The normalized spacial score (nSPS) is 20.4. The number of nitrogens with one attached hydrogen (secondary N) is 1. The molecule has 8 nitrogen and oxygen atoms in total. The summed E-state index contributed by atoms with van der Waals surface area (Å²) in [5.41, 5.74) is 3.18. The molecule has 0 bridgehead atoms. The minimum atomic E-state index is 0.108. The predicted octanol–water partition coefficient (Wildman–Crippen LogP) is 2.38. The summed E-state index contributed by atoms with van der Waals surface area (Å²) >= 11 is 0. The van der Waals surface area contributed by atoms with E-state index in [0.29, 0.717) is 5.78 Å². The molecule has 0 aromatic carbocycles. The van der Waals surface area contributed by atoms with Crippen LogP contribution in [0.2, 0.25) is 0 Å². The summed E-state index contributed by atoms with van der Waals surface area (Å²) in [5, 5.41) is 4.40. The fourth-order valence-electron chi connectivity index (χ4n) is 3.65. The molecule has 3 aromatic heterocycles. The Kier molecular flexibility index (Phi) is 4.36. The smallest absolute Gasteiger partial charge is 0.254 e. The first kappa shape index (κ1) is 17.0. The van der Waals surface area contributed by atoms with Crippen molar-refractivity contribution in [1.82, 2.24) is 29.5 Å². The molecule has 1 saturated heterocycles. The van der Waals surface area contributed by atoms with Gasteiger partial charge in [-0.2, -0.15) is 14.6 Å². The summed E-state index contributed by atoms with van der Waals surface area (Å²) < 4.78 is 7.49. The van der Waals surface area contributed by atoms with Crippen LogP contribution in [0.1, 0.15) is 48.7 Å². The number of aromatic nitrogens is 6. The van der Waals surface area contributed by atoms with E-state index >= 15 is 0 Å². The second kappa shape index (κ2) is 6.68. The summed E-state index contributed by atoms with van der Waals surface area (Å²) in [5.74, 6) is 2.60. The molecule has 0 aliphatic carbocycles. The SMILES string of the molecule is CCCc1cc(N2C[C@H](OC)C[C@H]2c2nc(C)c(C)[nH]2)n2ncnc2n1. The summed E-state index contributed by atoms with van der Waals surface area (Å²) in [6.07, 6.45) is 4.54. The zero-order valence-electron chi connectivity index (χ0n) is 15.7. The van der Waals surface area contributed by atoms with Crippen molar-refractivity contribution in [3.63, 3.8) is 0 Å². The quantitative estimate of drug-likeness (QED) is 0.756. The van der Waals surface area contributed by atoms with Crippen LogP contribution < -0.4 is 4.90 Å². The minimum absolute atomic E-state index is 0.108. The molecule has 1 aliphatic rings. The van der Waals surface area contributed by atoms with E-state index in [2.05, 4.69) is 44.9 Å². The lowest BCUT2D eigenvalue weighted by Crippen LogP contribution is -2.28. The van der Waals surface area contributed by atoms with E-state index in [0.717, 1.165) is 54.5 Å². The van der Waals surface area contributed by atoms with E-state index in [1.165, 1.54) is 0 Å². The highest BCUT2D eigenvalue weighted by molar-refractivity contribution is 5.50. The molecule has 8 heteroatoms. The summed E-state index contributed by atoms with van der Waals surface area (Å²) in [6.45, 7) is 7.03. The molecule has 138 valence electrons. The molecule has 0 spiro atoms. The molecule has 0 radical (unpaired) electrons. The fraction of sp³-hybridized carbons (Fsp3) is 0.556. The third-order valence-corrected chi connectivity index (χ3v) is 5.14.